The average Bonchev–Trinajstić information content (AvgIpc) is 3.28. The third kappa shape index (κ3) is 2.98. The molecule has 3 atom stereocenters. The third-order valence-corrected chi connectivity index (χ3v) is 6.81. The van der Waals surface area contributed by atoms with Gasteiger partial charge in [-0.2, -0.15) is 5.10 Å². The Morgan fingerprint density at radius 2 is 1.97 bits per heavy atom. The summed E-state index contributed by atoms with van der Waals surface area (Å²) in [5, 5.41) is 4.46. The van der Waals surface area contributed by atoms with E-state index in [9.17, 15) is 0 Å². The number of hydrogen-bond donors (Lipinski definition) is 0. The van der Waals surface area contributed by atoms with Gasteiger partial charge in [0.05, 0.1) is 24.6 Å². The summed E-state index contributed by atoms with van der Waals surface area (Å²) >= 11 is 0. The number of fused-ring (bicyclic) bond motifs is 3. The molecular formula is C21H25N7O. The third-order valence-electron chi connectivity index (χ3n) is 6.81. The van der Waals surface area contributed by atoms with Crippen molar-refractivity contribution >= 4 is 11.5 Å². The van der Waals surface area contributed by atoms with Crippen LogP contribution in [0.2, 0.25) is 0 Å². The topological polar surface area (TPSA) is 71.7 Å². The minimum Gasteiger partial charge on any atom is -0.371 e. The highest BCUT2D eigenvalue weighted by Gasteiger charge is 2.51. The van der Waals surface area contributed by atoms with E-state index >= 15 is 0 Å². The molecule has 1 spiro atoms. The molecule has 0 saturated carbocycles. The molecule has 8 heteroatoms. The Hall–Kier alpha value is -2.58. The molecule has 0 N–H and O–H groups in total. The minimum atomic E-state index is -0.0720. The molecule has 3 fully saturated rings. The molecule has 3 saturated heterocycles. The molecule has 6 rings (SSSR count). The van der Waals surface area contributed by atoms with E-state index in [1.165, 1.54) is 18.4 Å². The maximum Gasteiger partial charge on any atom is 0.159 e. The Bertz CT molecular complexity index is 992. The summed E-state index contributed by atoms with van der Waals surface area (Å²) in [6, 6.07) is 3.02. The number of rotatable bonds is 3. The number of nitrogens with zero attached hydrogens (tertiary/aromatic N) is 7. The van der Waals surface area contributed by atoms with Crippen LogP contribution in [0, 0.1) is 0 Å². The van der Waals surface area contributed by atoms with E-state index in [4.69, 9.17) is 4.74 Å². The van der Waals surface area contributed by atoms with Crippen molar-refractivity contribution in [1.82, 2.24) is 29.5 Å². The molecule has 3 aliphatic heterocycles. The van der Waals surface area contributed by atoms with Crippen molar-refractivity contribution in [2.24, 2.45) is 0 Å². The highest BCUT2D eigenvalue weighted by molar-refractivity contribution is 5.45. The molecule has 0 amide bonds. The lowest BCUT2D eigenvalue weighted by atomic mass is 9.84. The number of aromatic nitrogens is 5. The van der Waals surface area contributed by atoms with Crippen molar-refractivity contribution in [3.63, 3.8) is 0 Å². The molecule has 0 aromatic carbocycles. The molecule has 1 unspecified atom stereocenters. The monoisotopic (exact) mass is 391 g/mol. The van der Waals surface area contributed by atoms with Gasteiger partial charge in [0.25, 0.3) is 0 Å². The lowest BCUT2D eigenvalue weighted by molar-refractivity contribution is -0.112. The SMILES string of the molecule is c1cnc2c(CN3[C@@H]4CC[C@H]3CC3(C4)CN(c4cnccn4)CCO3)cnn2c1. The van der Waals surface area contributed by atoms with Crippen molar-refractivity contribution in [3.05, 3.63) is 48.8 Å². The van der Waals surface area contributed by atoms with Crippen LogP contribution in [0.25, 0.3) is 5.65 Å². The largest absolute Gasteiger partial charge is 0.371 e. The van der Waals surface area contributed by atoms with Gasteiger partial charge >= 0.3 is 0 Å². The Morgan fingerprint density at radius 1 is 1.07 bits per heavy atom. The van der Waals surface area contributed by atoms with Crippen molar-refractivity contribution in [1.29, 1.82) is 0 Å². The van der Waals surface area contributed by atoms with Gasteiger partial charge < -0.3 is 9.64 Å². The fraction of sp³-hybridized carbons (Fsp3) is 0.524. The van der Waals surface area contributed by atoms with Gasteiger partial charge in [-0.05, 0) is 31.7 Å². The zero-order chi connectivity index (χ0) is 19.3. The maximum atomic E-state index is 6.45. The van der Waals surface area contributed by atoms with E-state index < -0.39 is 0 Å². The first-order chi connectivity index (χ1) is 14.3. The molecule has 0 aliphatic carbocycles. The number of hydrogen-bond acceptors (Lipinski definition) is 7. The first-order valence-corrected chi connectivity index (χ1v) is 10.5. The predicted molar refractivity (Wildman–Crippen MR) is 108 cm³/mol. The zero-order valence-corrected chi connectivity index (χ0v) is 16.4. The Balaban J connectivity index is 1.21. The standard InChI is InChI=1S/C21H25N7O/c1-4-24-20-16(12-25-28(20)7-1)14-27-17-2-3-18(27)11-21(10-17)15-26(8-9-29-21)19-13-22-5-6-23-19/h1,4-7,12-13,17-18H,2-3,8-11,14-15H2/t17-,18+,21?. The summed E-state index contributed by atoms with van der Waals surface area (Å²) in [7, 11) is 0. The van der Waals surface area contributed by atoms with Crippen LogP contribution in [-0.2, 0) is 11.3 Å². The smallest absolute Gasteiger partial charge is 0.159 e. The van der Waals surface area contributed by atoms with Crippen LogP contribution in [0.3, 0.4) is 0 Å². The lowest BCUT2D eigenvalue weighted by Gasteiger charge is -2.50. The molecule has 6 heterocycles. The molecule has 2 bridgehead atoms. The summed E-state index contributed by atoms with van der Waals surface area (Å²) < 4.78 is 8.31. The summed E-state index contributed by atoms with van der Waals surface area (Å²) in [5.41, 5.74) is 2.11. The molecule has 3 aliphatic rings. The van der Waals surface area contributed by atoms with Crippen LogP contribution in [-0.4, -0.2) is 66.8 Å². The molecular weight excluding hydrogens is 366 g/mol. The van der Waals surface area contributed by atoms with Crippen LogP contribution in [0.5, 0.6) is 0 Å². The van der Waals surface area contributed by atoms with Gasteiger partial charge in [-0.25, -0.2) is 14.5 Å². The Kier molecular flexibility index (Phi) is 4.02. The van der Waals surface area contributed by atoms with Gasteiger partial charge in [0, 0.05) is 62.1 Å². The van der Waals surface area contributed by atoms with Gasteiger partial charge in [-0.15, -0.1) is 0 Å². The van der Waals surface area contributed by atoms with E-state index in [1.54, 1.807) is 12.4 Å². The summed E-state index contributed by atoms with van der Waals surface area (Å²) in [4.78, 5) is 18.3. The van der Waals surface area contributed by atoms with Gasteiger partial charge in [0.1, 0.15) is 5.82 Å². The first kappa shape index (κ1) is 17.3. The van der Waals surface area contributed by atoms with Gasteiger partial charge in [-0.1, -0.05) is 0 Å². The fourth-order valence-electron chi connectivity index (χ4n) is 5.58. The van der Waals surface area contributed by atoms with Crippen LogP contribution in [0.4, 0.5) is 5.82 Å². The molecule has 0 radical (unpaired) electrons. The lowest BCUT2D eigenvalue weighted by Crippen LogP contribution is -2.60. The highest BCUT2D eigenvalue weighted by Crippen LogP contribution is 2.45. The second-order valence-corrected chi connectivity index (χ2v) is 8.54. The number of morpholine rings is 1. The fourth-order valence-corrected chi connectivity index (χ4v) is 5.58. The summed E-state index contributed by atoms with van der Waals surface area (Å²) in [6.45, 7) is 3.46. The van der Waals surface area contributed by atoms with E-state index in [2.05, 4.69) is 29.9 Å². The minimum absolute atomic E-state index is 0.0720. The second kappa shape index (κ2) is 6.74. The van der Waals surface area contributed by atoms with E-state index in [-0.39, 0.29) is 5.60 Å². The van der Waals surface area contributed by atoms with Crippen LogP contribution >= 0.6 is 0 Å². The number of ether oxygens (including phenoxy) is 1. The summed E-state index contributed by atoms with van der Waals surface area (Å²) in [6.07, 6.45) is 15.8. The second-order valence-electron chi connectivity index (χ2n) is 8.54. The van der Waals surface area contributed by atoms with Crippen LogP contribution in [0.1, 0.15) is 31.2 Å². The average molecular weight is 391 g/mol. The molecule has 3 aromatic heterocycles. The predicted octanol–water partition coefficient (Wildman–Crippen LogP) is 1.92. The zero-order valence-electron chi connectivity index (χ0n) is 16.4. The van der Waals surface area contributed by atoms with Crippen molar-refractivity contribution in [2.75, 3.05) is 24.6 Å². The van der Waals surface area contributed by atoms with Crippen LogP contribution < -0.4 is 4.90 Å². The van der Waals surface area contributed by atoms with Gasteiger partial charge in [0.2, 0.25) is 0 Å². The molecule has 150 valence electrons. The van der Waals surface area contributed by atoms with Gasteiger partial charge in [0.15, 0.2) is 5.65 Å². The molecule has 29 heavy (non-hydrogen) atoms. The Labute approximate surface area is 169 Å². The first-order valence-electron chi connectivity index (χ1n) is 10.5. The quantitative estimate of drug-likeness (QED) is 0.675. The number of piperidine rings is 1. The van der Waals surface area contributed by atoms with Crippen molar-refractivity contribution in [3.8, 4) is 0 Å². The van der Waals surface area contributed by atoms with Gasteiger partial charge in [-0.3, -0.25) is 9.88 Å². The van der Waals surface area contributed by atoms with E-state index in [0.29, 0.717) is 12.1 Å². The Morgan fingerprint density at radius 3 is 2.79 bits per heavy atom. The highest BCUT2D eigenvalue weighted by atomic mass is 16.5. The van der Waals surface area contributed by atoms with E-state index in [0.717, 1.165) is 50.5 Å². The maximum absolute atomic E-state index is 6.45. The van der Waals surface area contributed by atoms with Crippen molar-refractivity contribution in [2.45, 2.75) is 49.9 Å². The summed E-state index contributed by atoms with van der Waals surface area (Å²) in [5.74, 6) is 0.961. The van der Waals surface area contributed by atoms with Crippen LogP contribution in [0.15, 0.2) is 43.2 Å². The van der Waals surface area contributed by atoms with Crippen molar-refractivity contribution < 1.29 is 4.74 Å². The normalized spacial score (nSPS) is 29.7. The van der Waals surface area contributed by atoms with E-state index in [1.807, 2.05) is 35.4 Å². The number of anilines is 1. The molecule has 3 aromatic rings. The molecule has 8 nitrogen and oxygen atoms in total.